The maximum absolute atomic E-state index is 12.8. The van der Waals surface area contributed by atoms with Crippen molar-refractivity contribution in [2.24, 2.45) is 0 Å². The van der Waals surface area contributed by atoms with Crippen LogP contribution in [-0.4, -0.2) is 80.6 Å². The molecule has 0 aromatic heterocycles. The van der Waals surface area contributed by atoms with Crippen LogP contribution in [0.5, 0.6) is 0 Å². The topological polar surface area (TPSA) is 78.0 Å². The molecule has 2 aliphatic rings. The summed E-state index contributed by atoms with van der Waals surface area (Å²) in [5.41, 5.74) is 1.11. The number of nitrogens with zero attached hydrogens (tertiary/aromatic N) is 3. The molecule has 0 atom stereocenters. The summed E-state index contributed by atoms with van der Waals surface area (Å²) in [5, 5.41) is 0. The summed E-state index contributed by atoms with van der Waals surface area (Å²) < 4.78 is 23.0. The molecule has 2 fully saturated rings. The van der Waals surface area contributed by atoms with Crippen LogP contribution in [-0.2, 0) is 15.6 Å². The molecule has 2 heterocycles. The van der Waals surface area contributed by atoms with Gasteiger partial charge in [-0.3, -0.25) is 4.79 Å². The molecule has 3 rings (SSSR count). The van der Waals surface area contributed by atoms with Crippen molar-refractivity contribution in [3.05, 3.63) is 35.4 Å². The van der Waals surface area contributed by atoms with Crippen LogP contribution in [0.3, 0.4) is 0 Å². The Labute approximate surface area is 160 Å². The standard InChI is InChI=1S/C19H27N3O4S/c1-27(25,26)15-16-6-5-7-17(14-16)18(23)20-10-12-22(13-11-20)19(24)21-8-3-2-4-9-21/h5-7,14H,2-4,8-13,15H2,1H3. The van der Waals surface area contributed by atoms with Crippen molar-refractivity contribution in [3.63, 3.8) is 0 Å². The zero-order valence-corrected chi connectivity index (χ0v) is 16.6. The van der Waals surface area contributed by atoms with Gasteiger partial charge in [-0.2, -0.15) is 0 Å². The largest absolute Gasteiger partial charge is 0.335 e. The van der Waals surface area contributed by atoms with Gasteiger partial charge in [0.15, 0.2) is 9.84 Å². The SMILES string of the molecule is CS(=O)(=O)Cc1cccc(C(=O)N2CCN(C(=O)N3CCCCC3)CC2)c1. The van der Waals surface area contributed by atoms with E-state index in [9.17, 15) is 18.0 Å². The normalized spacial score (nSPS) is 18.5. The summed E-state index contributed by atoms with van der Waals surface area (Å²) in [6.07, 6.45) is 4.49. The first-order valence-electron chi connectivity index (χ1n) is 9.43. The molecule has 148 valence electrons. The summed E-state index contributed by atoms with van der Waals surface area (Å²) in [6.45, 7) is 3.70. The number of piperazine rings is 1. The van der Waals surface area contributed by atoms with Gasteiger partial charge in [-0.05, 0) is 37.0 Å². The van der Waals surface area contributed by atoms with E-state index < -0.39 is 9.84 Å². The summed E-state index contributed by atoms with van der Waals surface area (Å²) in [4.78, 5) is 30.8. The minimum Gasteiger partial charge on any atom is -0.335 e. The first-order chi connectivity index (χ1) is 12.8. The van der Waals surface area contributed by atoms with Crippen molar-refractivity contribution in [1.82, 2.24) is 14.7 Å². The van der Waals surface area contributed by atoms with Crippen LogP contribution in [0.2, 0.25) is 0 Å². The second kappa shape index (κ2) is 8.29. The van der Waals surface area contributed by atoms with Crippen LogP contribution in [0, 0.1) is 0 Å². The highest BCUT2D eigenvalue weighted by Gasteiger charge is 2.28. The Morgan fingerprint density at radius 3 is 2.11 bits per heavy atom. The molecule has 0 aliphatic carbocycles. The second-order valence-electron chi connectivity index (χ2n) is 7.38. The Balaban J connectivity index is 1.58. The third kappa shape index (κ3) is 5.22. The molecule has 0 bridgehead atoms. The van der Waals surface area contributed by atoms with E-state index >= 15 is 0 Å². The van der Waals surface area contributed by atoms with Crippen molar-refractivity contribution >= 4 is 21.8 Å². The molecule has 2 saturated heterocycles. The summed E-state index contributed by atoms with van der Waals surface area (Å²) in [5.74, 6) is -0.192. The van der Waals surface area contributed by atoms with E-state index in [2.05, 4.69) is 0 Å². The molecule has 3 amide bonds. The highest BCUT2D eigenvalue weighted by Crippen LogP contribution is 2.15. The Morgan fingerprint density at radius 1 is 0.889 bits per heavy atom. The number of benzene rings is 1. The Kier molecular flexibility index (Phi) is 6.04. The van der Waals surface area contributed by atoms with E-state index in [4.69, 9.17) is 0 Å². The number of piperidine rings is 1. The van der Waals surface area contributed by atoms with Crippen LogP contribution >= 0.6 is 0 Å². The Morgan fingerprint density at radius 2 is 1.48 bits per heavy atom. The van der Waals surface area contributed by atoms with Crippen LogP contribution in [0.4, 0.5) is 4.79 Å². The fourth-order valence-electron chi connectivity index (χ4n) is 3.67. The van der Waals surface area contributed by atoms with Crippen molar-refractivity contribution < 1.29 is 18.0 Å². The second-order valence-corrected chi connectivity index (χ2v) is 9.52. The molecular weight excluding hydrogens is 366 g/mol. The van der Waals surface area contributed by atoms with Crippen molar-refractivity contribution in [1.29, 1.82) is 0 Å². The number of carbonyl (C=O) groups is 2. The smallest absolute Gasteiger partial charge is 0.320 e. The lowest BCUT2D eigenvalue weighted by atomic mass is 10.1. The number of rotatable bonds is 3. The summed E-state index contributed by atoms with van der Waals surface area (Å²) in [7, 11) is -3.15. The number of carbonyl (C=O) groups excluding carboxylic acids is 2. The highest BCUT2D eigenvalue weighted by molar-refractivity contribution is 7.89. The van der Waals surface area contributed by atoms with Gasteiger partial charge in [-0.15, -0.1) is 0 Å². The maximum Gasteiger partial charge on any atom is 0.320 e. The lowest BCUT2D eigenvalue weighted by Crippen LogP contribution is -2.54. The van der Waals surface area contributed by atoms with Gasteiger partial charge >= 0.3 is 6.03 Å². The van der Waals surface area contributed by atoms with Crippen LogP contribution in [0.1, 0.15) is 35.2 Å². The van der Waals surface area contributed by atoms with Gasteiger partial charge in [0, 0.05) is 51.1 Å². The average Bonchev–Trinajstić information content (AvgIpc) is 2.66. The van der Waals surface area contributed by atoms with E-state index in [-0.39, 0.29) is 17.7 Å². The first-order valence-corrected chi connectivity index (χ1v) is 11.5. The lowest BCUT2D eigenvalue weighted by molar-refractivity contribution is 0.0633. The van der Waals surface area contributed by atoms with E-state index in [1.807, 2.05) is 9.80 Å². The molecule has 0 unspecified atom stereocenters. The number of urea groups is 1. The number of likely N-dealkylation sites (tertiary alicyclic amines) is 1. The third-order valence-electron chi connectivity index (χ3n) is 5.07. The molecular formula is C19H27N3O4S. The van der Waals surface area contributed by atoms with E-state index in [0.29, 0.717) is 37.3 Å². The predicted octanol–water partition coefficient (Wildman–Crippen LogP) is 1.59. The van der Waals surface area contributed by atoms with Gasteiger partial charge in [-0.25, -0.2) is 13.2 Å². The minimum atomic E-state index is -3.15. The van der Waals surface area contributed by atoms with Gasteiger partial charge in [0.2, 0.25) is 0 Å². The lowest BCUT2D eigenvalue weighted by Gasteiger charge is -2.38. The zero-order valence-electron chi connectivity index (χ0n) is 15.8. The summed E-state index contributed by atoms with van der Waals surface area (Å²) in [6, 6.07) is 6.86. The fourth-order valence-corrected chi connectivity index (χ4v) is 4.45. The molecule has 0 radical (unpaired) electrons. The number of hydrogen-bond donors (Lipinski definition) is 0. The first kappa shape index (κ1) is 19.7. The third-order valence-corrected chi connectivity index (χ3v) is 5.92. The van der Waals surface area contributed by atoms with E-state index in [1.165, 1.54) is 12.7 Å². The fraction of sp³-hybridized carbons (Fsp3) is 0.579. The van der Waals surface area contributed by atoms with Crippen molar-refractivity contribution in [2.45, 2.75) is 25.0 Å². The Bertz CT molecular complexity index is 795. The van der Waals surface area contributed by atoms with Crippen molar-refractivity contribution in [2.75, 3.05) is 45.5 Å². The van der Waals surface area contributed by atoms with E-state index in [0.717, 1.165) is 25.9 Å². The van der Waals surface area contributed by atoms with Crippen LogP contribution in [0.15, 0.2) is 24.3 Å². The van der Waals surface area contributed by atoms with Gasteiger partial charge in [0.25, 0.3) is 5.91 Å². The highest BCUT2D eigenvalue weighted by atomic mass is 32.2. The summed E-state index contributed by atoms with van der Waals surface area (Å²) >= 11 is 0. The zero-order chi connectivity index (χ0) is 19.4. The number of amides is 3. The predicted molar refractivity (Wildman–Crippen MR) is 103 cm³/mol. The Hall–Kier alpha value is -2.09. The average molecular weight is 394 g/mol. The molecule has 7 nitrogen and oxygen atoms in total. The number of hydrogen-bond acceptors (Lipinski definition) is 4. The van der Waals surface area contributed by atoms with Gasteiger partial charge in [-0.1, -0.05) is 12.1 Å². The monoisotopic (exact) mass is 393 g/mol. The molecule has 0 spiro atoms. The quantitative estimate of drug-likeness (QED) is 0.781. The molecule has 27 heavy (non-hydrogen) atoms. The molecule has 0 N–H and O–H groups in total. The van der Waals surface area contributed by atoms with Crippen molar-refractivity contribution in [3.8, 4) is 0 Å². The van der Waals surface area contributed by atoms with E-state index in [1.54, 1.807) is 29.2 Å². The molecule has 8 heteroatoms. The molecule has 2 aliphatic heterocycles. The van der Waals surface area contributed by atoms with Crippen LogP contribution < -0.4 is 0 Å². The minimum absolute atomic E-state index is 0.0771. The molecule has 0 saturated carbocycles. The maximum atomic E-state index is 12.8. The van der Waals surface area contributed by atoms with Gasteiger partial charge in [0.1, 0.15) is 0 Å². The molecule has 1 aromatic rings. The van der Waals surface area contributed by atoms with Gasteiger partial charge < -0.3 is 14.7 Å². The van der Waals surface area contributed by atoms with Crippen LogP contribution in [0.25, 0.3) is 0 Å². The van der Waals surface area contributed by atoms with Gasteiger partial charge in [0.05, 0.1) is 5.75 Å². The number of sulfone groups is 1. The molecule has 1 aromatic carbocycles.